The minimum Gasteiger partial charge on any atom is -0.352 e. The molecule has 3 rings (SSSR count). The van der Waals surface area contributed by atoms with E-state index in [2.05, 4.69) is 29.4 Å². The van der Waals surface area contributed by atoms with Gasteiger partial charge < -0.3 is 9.88 Å². The van der Waals surface area contributed by atoms with Gasteiger partial charge in [-0.05, 0) is 49.6 Å². The molecule has 0 bridgehead atoms. The highest BCUT2D eigenvalue weighted by atomic mass is 16.1. The lowest BCUT2D eigenvalue weighted by molar-refractivity contribution is 0.0956. The lowest BCUT2D eigenvalue weighted by atomic mass is 10.0. The molecule has 0 aliphatic rings. The summed E-state index contributed by atoms with van der Waals surface area (Å²) in [6.07, 6.45) is 11.7. The van der Waals surface area contributed by atoms with Gasteiger partial charge in [0.1, 0.15) is 0 Å². The standard InChI is InChI=1S/C15H23NO.C9H8N2/c1-3-5-6-7-8-13-9-11-14(12-10-13)15(17)16-4-2;1-2-4-9(5-3-1)11-7-6-10-8-11/h9-12H,3-8H2,1-2H3,(H,16,17);1-8H. The summed E-state index contributed by atoms with van der Waals surface area (Å²) in [5.74, 6) is 0.0185. The summed E-state index contributed by atoms with van der Waals surface area (Å²) in [6.45, 7) is 4.83. The normalized spacial score (nSPS) is 10.1. The van der Waals surface area contributed by atoms with E-state index in [-0.39, 0.29) is 5.91 Å². The minimum absolute atomic E-state index is 0.0185. The maximum Gasteiger partial charge on any atom is 0.251 e. The number of nitrogens with one attached hydrogen (secondary N) is 1. The molecule has 1 N–H and O–H groups in total. The summed E-state index contributed by atoms with van der Waals surface area (Å²) in [5, 5.41) is 2.80. The van der Waals surface area contributed by atoms with Crippen molar-refractivity contribution in [2.75, 3.05) is 6.54 Å². The van der Waals surface area contributed by atoms with E-state index in [0.717, 1.165) is 17.7 Å². The summed E-state index contributed by atoms with van der Waals surface area (Å²) < 4.78 is 1.97. The Morgan fingerprint density at radius 1 is 0.964 bits per heavy atom. The fraction of sp³-hybridized carbons (Fsp3) is 0.333. The molecule has 1 amide bonds. The van der Waals surface area contributed by atoms with E-state index in [9.17, 15) is 4.79 Å². The summed E-state index contributed by atoms with van der Waals surface area (Å²) in [6, 6.07) is 18.1. The number of imidazole rings is 1. The van der Waals surface area contributed by atoms with Gasteiger partial charge in [-0.25, -0.2) is 4.98 Å². The van der Waals surface area contributed by atoms with Crippen LogP contribution >= 0.6 is 0 Å². The molecule has 4 nitrogen and oxygen atoms in total. The number of para-hydroxylation sites is 1. The minimum atomic E-state index is 0.0185. The van der Waals surface area contributed by atoms with Gasteiger partial charge in [-0.2, -0.15) is 0 Å². The Hall–Kier alpha value is -2.88. The van der Waals surface area contributed by atoms with Crippen LogP contribution in [0.3, 0.4) is 0 Å². The molecule has 0 saturated carbocycles. The zero-order valence-electron chi connectivity index (χ0n) is 17.0. The van der Waals surface area contributed by atoms with Crippen LogP contribution in [0.15, 0.2) is 73.3 Å². The fourth-order valence-corrected chi connectivity index (χ4v) is 2.85. The lowest BCUT2D eigenvalue weighted by Gasteiger charge is -2.04. The zero-order chi connectivity index (χ0) is 20.0. The predicted molar refractivity (Wildman–Crippen MR) is 116 cm³/mol. The fourth-order valence-electron chi connectivity index (χ4n) is 2.85. The molecule has 0 unspecified atom stereocenters. The monoisotopic (exact) mass is 377 g/mol. The van der Waals surface area contributed by atoms with Gasteiger partial charge in [0.2, 0.25) is 0 Å². The number of nitrogens with zero attached hydrogens (tertiary/aromatic N) is 2. The van der Waals surface area contributed by atoms with Crippen molar-refractivity contribution in [1.29, 1.82) is 0 Å². The SMILES string of the molecule is CCCCCCc1ccc(C(=O)NCC)cc1.c1ccc(-n2ccnc2)cc1. The van der Waals surface area contributed by atoms with Crippen LogP contribution in [0.25, 0.3) is 5.69 Å². The van der Waals surface area contributed by atoms with Crippen molar-refractivity contribution < 1.29 is 4.79 Å². The number of hydrogen-bond donors (Lipinski definition) is 1. The zero-order valence-corrected chi connectivity index (χ0v) is 17.0. The number of aromatic nitrogens is 2. The van der Waals surface area contributed by atoms with Crippen molar-refractivity contribution >= 4 is 5.91 Å². The smallest absolute Gasteiger partial charge is 0.251 e. The molecular formula is C24H31N3O. The quantitative estimate of drug-likeness (QED) is 0.532. The Morgan fingerprint density at radius 3 is 2.32 bits per heavy atom. The van der Waals surface area contributed by atoms with E-state index < -0.39 is 0 Å². The average molecular weight is 378 g/mol. The molecule has 148 valence electrons. The van der Waals surface area contributed by atoms with Crippen LogP contribution in [0.1, 0.15) is 55.5 Å². The van der Waals surface area contributed by atoms with Crippen molar-refractivity contribution in [2.24, 2.45) is 0 Å². The van der Waals surface area contributed by atoms with Crippen LogP contribution < -0.4 is 5.32 Å². The molecule has 3 aromatic rings. The Balaban J connectivity index is 0.000000218. The van der Waals surface area contributed by atoms with Crippen LogP contribution in [0.4, 0.5) is 0 Å². The van der Waals surface area contributed by atoms with Crippen molar-refractivity contribution in [3.05, 3.63) is 84.4 Å². The van der Waals surface area contributed by atoms with Gasteiger partial charge in [0.15, 0.2) is 0 Å². The Bertz CT molecular complexity index is 780. The van der Waals surface area contributed by atoms with Crippen LogP contribution in [-0.4, -0.2) is 22.0 Å². The van der Waals surface area contributed by atoms with Gasteiger partial charge in [0, 0.05) is 30.2 Å². The molecule has 0 radical (unpaired) electrons. The summed E-state index contributed by atoms with van der Waals surface area (Å²) in [5.41, 5.74) is 3.23. The number of unbranched alkanes of at least 4 members (excludes halogenated alkanes) is 3. The number of benzene rings is 2. The van der Waals surface area contributed by atoms with Gasteiger partial charge in [0.25, 0.3) is 5.91 Å². The summed E-state index contributed by atoms with van der Waals surface area (Å²) in [4.78, 5) is 15.5. The molecule has 28 heavy (non-hydrogen) atoms. The predicted octanol–water partition coefficient (Wildman–Crippen LogP) is 5.43. The molecule has 0 atom stereocenters. The second kappa shape index (κ2) is 12.5. The third-order valence-corrected chi connectivity index (χ3v) is 4.43. The van der Waals surface area contributed by atoms with E-state index in [4.69, 9.17) is 0 Å². The first-order chi connectivity index (χ1) is 13.7. The first kappa shape index (κ1) is 21.4. The molecule has 1 heterocycles. The third-order valence-electron chi connectivity index (χ3n) is 4.43. The maximum atomic E-state index is 11.5. The number of carbonyl (C=O) groups excluding carboxylic acids is 1. The number of amides is 1. The number of aryl methyl sites for hydroxylation is 1. The summed E-state index contributed by atoms with van der Waals surface area (Å²) in [7, 11) is 0. The molecule has 0 saturated heterocycles. The molecule has 1 aromatic heterocycles. The first-order valence-electron chi connectivity index (χ1n) is 10.1. The van der Waals surface area contributed by atoms with E-state index in [1.54, 1.807) is 12.5 Å². The van der Waals surface area contributed by atoms with Gasteiger partial charge in [0.05, 0.1) is 6.33 Å². The van der Waals surface area contributed by atoms with Crippen molar-refractivity contribution in [3.63, 3.8) is 0 Å². The Morgan fingerprint density at radius 2 is 1.71 bits per heavy atom. The highest BCUT2D eigenvalue weighted by molar-refractivity contribution is 5.94. The highest BCUT2D eigenvalue weighted by Crippen LogP contribution is 2.09. The van der Waals surface area contributed by atoms with Gasteiger partial charge in [-0.15, -0.1) is 0 Å². The largest absolute Gasteiger partial charge is 0.352 e. The van der Waals surface area contributed by atoms with Crippen LogP contribution in [-0.2, 0) is 6.42 Å². The molecular weight excluding hydrogens is 346 g/mol. The topological polar surface area (TPSA) is 46.9 Å². The third kappa shape index (κ3) is 7.39. The molecule has 0 fully saturated rings. The van der Waals surface area contributed by atoms with Crippen LogP contribution in [0, 0.1) is 0 Å². The van der Waals surface area contributed by atoms with Crippen molar-refractivity contribution in [3.8, 4) is 5.69 Å². The van der Waals surface area contributed by atoms with Crippen LogP contribution in [0.2, 0.25) is 0 Å². The van der Waals surface area contributed by atoms with E-state index in [1.165, 1.54) is 31.2 Å². The molecule has 2 aromatic carbocycles. The van der Waals surface area contributed by atoms with Crippen molar-refractivity contribution in [1.82, 2.24) is 14.9 Å². The Kier molecular flexibility index (Phi) is 9.56. The van der Waals surface area contributed by atoms with E-state index in [0.29, 0.717) is 6.54 Å². The lowest BCUT2D eigenvalue weighted by Crippen LogP contribution is -2.22. The second-order valence-corrected chi connectivity index (χ2v) is 6.67. The van der Waals surface area contributed by atoms with Crippen molar-refractivity contribution in [2.45, 2.75) is 46.0 Å². The number of rotatable bonds is 8. The average Bonchev–Trinajstić information content (AvgIpc) is 3.28. The summed E-state index contributed by atoms with van der Waals surface area (Å²) >= 11 is 0. The molecule has 4 heteroatoms. The maximum absolute atomic E-state index is 11.5. The molecule has 0 spiro atoms. The van der Waals surface area contributed by atoms with E-state index >= 15 is 0 Å². The van der Waals surface area contributed by atoms with Gasteiger partial charge in [-0.3, -0.25) is 4.79 Å². The van der Waals surface area contributed by atoms with Gasteiger partial charge in [-0.1, -0.05) is 56.5 Å². The van der Waals surface area contributed by atoms with Crippen LogP contribution in [0.5, 0.6) is 0 Å². The number of carbonyl (C=O) groups is 1. The number of hydrogen-bond acceptors (Lipinski definition) is 2. The molecule has 0 aliphatic carbocycles. The molecule has 0 aliphatic heterocycles. The second-order valence-electron chi connectivity index (χ2n) is 6.67. The first-order valence-corrected chi connectivity index (χ1v) is 10.1. The van der Waals surface area contributed by atoms with Gasteiger partial charge >= 0.3 is 0 Å². The Labute approximate surface area is 168 Å². The van der Waals surface area contributed by atoms with E-state index in [1.807, 2.05) is 60.2 Å². The highest BCUT2D eigenvalue weighted by Gasteiger charge is 2.03.